The molecule has 1 saturated carbocycles. The van der Waals surface area contributed by atoms with Gasteiger partial charge in [-0.15, -0.1) is 0 Å². The van der Waals surface area contributed by atoms with Crippen LogP contribution in [0.2, 0.25) is 0 Å². The van der Waals surface area contributed by atoms with E-state index in [1.807, 2.05) is 6.92 Å². The van der Waals surface area contributed by atoms with Crippen molar-refractivity contribution in [2.75, 3.05) is 12.4 Å². The minimum absolute atomic E-state index is 0.0397. The molecule has 19 heavy (non-hydrogen) atoms. The number of benzene rings is 1. The Bertz CT molecular complexity index is 470. The number of thiol groups is 1. The van der Waals surface area contributed by atoms with Gasteiger partial charge in [-0.05, 0) is 37.1 Å². The molecule has 0 spiro atoms. The summed E-state index contributed by atoms with van der Waals surface area (Å²) in [7, 11) is 0. The minimum atomic E-state index is -0.392. The predicted molar refractivity (Wildman–Crippen MR) is 78.1 cm³/mol. The molecule has 0 heterocycles. The Balaban J connectivity index is 2.14. The number of aryl methyl sites for hydroxylation is 1. The van der Waals surface area contributed by atoms with E-state index in [-0.39, 0.29) is 11.1 Å². The van der Waals surface area contributed by atoms with Crippen molar-refractivity contribution in [3.05, 3.63) is 33.9 Å². The molecule has 5 heteroatoms. The van der Waals surface area contributed by atoms with E-state index >= 15 is 0 Å². The molecule has 0 bridgehead atoms. The van der Waals surface area contributed by atoms with Crippen LogP contribution in [-0.2, 0) is 0 Å². The first kappa shape index (κ1) is 14.2. The monoisotopic (exact) mass is 281 g/mol. The standard InChI is InChI=1S/C14H19NO3S/c1-11-4-5-12(15(16)17)13(8-11)18-9-14(10-19)6-2-3-7-14/h4-5,8,19H,2-3,6-7,9-10H2,1H3. The average Bonchev–Trinajstić information content (AvgIpc) is 2.85. The van der Waals surface area contributed by atoms with Crippen LogP contribution in [0.3, 0.4) is 0 Å². The summed E-state index contributed by atoms with van der Waals surface area (Å²) in [6.07, 6.45) is 4.58. The van der Waals surface area contributed by atoms with Gasteiger partial charge in [-0.2, -0.15) is 12.6 Å². The first-order valence-electron chi connectivity index (χ1n) is 6.55. The molecule has 0 atom stereocenters. The molecule has 0 amide bonds. The Labute approximate surface area is 118 Å². The third-order valence-corrected chi connectivity index (χ3v) is 4.52. The third-order valence-electron chi connectivity index (χ3n) is 3.85. The largest absolute Gasteiger partial charge is 0.486 e. The van der Waals surface area contributed by atoms with Gasteiger partial charge in [0.1, 0.15) is 0 Å². The van der Waals surface area contributed by atoms with E-state index in [4.69, 9.17) is 4.74 Å². The topological polar surface area (TPSA) is 52.4 Å². The Morgan fingerprint density at radius 1 is 1.42 bits per heavy atom. The van der Waals surface area contributed by atoms with Crippen LogP contribution in [0.1, 0.15) is 31.2 Å². The molecule has 104 valence electrons. The van der Waals surface area contributed by atoms with Crippen molar-refractivity contribution in [1.29, 1.82) is 0 Å². The fraction of sp³-hybridized carbons (Fsp3) is 0.571. The zero-order chi connectivity index (χ0) is 13.9. The smallest absolute Gasteiger partial charge is 0.310 e. The summed E-state index contributed by atoms with van der Waals surface area (Å²) < 4.78 is 5.77. The highest BCUT2D eigenvalue weighted by molar-refractivity contribution is 7.80. The van der Waals surface area contributed by atoms with Gasteiger partial charge in [0.15, 0.2) is 5.75 Å². The second-order valence-corrected chi connectivity index (χ2v) is 5.70. The molecule has 0 aromatic heterocycles. The molecule has 0 radical (unpaired) electrons. The second-order valence-electron chi connectivity index (χ2n) is 5.38. The maximum Gasteiger partial charge on any atom is 0.310 e. The summed E-state index contributed by atoms with van der Waals surface area (Å²) in [5.41, 5.74) is 1.09. The molecule has 0 unspecified atom stereocenters. The van der Waals surface area contributed by atoms with Crippen molar-refractivity contribution < 1.29 is 9.66 Å². The summed E-state index contributed by atoms with van der Waals surface area (Å²) in [6.45, 7) is 2.42. The molecule has 0 N–H and O–H groups in total. The van der Waals surface area contributed by atoms with Crippen LogP contribution in [0.4, 0.5) is 5.69 Å². The number of ether oxygens (including phenoxy) is 1. The van der Waals surface area contributed by atoms with Crippen molar-refractivity contribution in [2.24, 2.45) is 5.41 Å². The molecule has 1 aliphatic rings. The van der Waals surface area contributed by atoms with Crippen LogP contribution in [-0.4, -0.2) is 17.3 Å². The number of hydrogen-bond acceptors (Lipinski definition) is 4. The molecule has 2 rings (SSSR count). The lowest BCUT2D eigenvalue weighted by molar-refractivity contribution is -0.386. The molecule has 0 saturated heterocycles. The van der Waals surface area contributed by atoms with E-state index in [0.29, 0.717) is 12.4 Å². The number of hydrogen-bond donors (Lipinski definition) is 1. The molecule has 1 aromatic rings. The van der Waals surface area contributed by atoms with Gasteiger partial charge >= 0.3 is 5.69 Å². The molecule has 4 nitrogen and oxygen atoms in total. The van der Waals surface area contributed by atoms with Crippen LogP contribution in [0, 0.1) is 22.5 Å². The Hall–Kier alpha value is -1.23. The highest BCUT2D eigenvalue weighted by Crippen LogP contribution is 2.40. The highest BCUT2D eigenvalue weighted by atomic mass is 32.1. The predicted octanol–water partition coefficient (Wildman–Crippen LogP) is 3.77. The van der Waals surface area contributed by atoms with Gasteiger partial charge in [-0.1, -0.05) is 18.9 Å². The lowest BCUT2D eigenvalue weighted by atomic mass is 9.90. The van der Waals surface area contributed by atoms with Crippen molar-refractivity contribution >= 4 is 18.3 Å². The highest BCUT2D eigenvalue weighted by Gasteiger charge is 2.34. The van der Waals surface area contributed by atoms with Gasteiger partial charge in [0.25, 0.3) is 0 Å². The van der Waals surface area contributed by atoms with Gasteiger partial charge in [-0.25, -0.2) is 0 Å². The SMILES string of the molecule is Cc1ccc([N+](=O)[O-])c(OCC2(CS)CCCC2)c1. The van der Waals surface area contributed by atoms with Crippen LogP contribution >= 0.6 is 12.6 Å². The maximum absolute atomic E-state index is 11.0. The van der Waals surface area contributed by atoms with Crippen LogP contribution in [0.5, 0.6) is 5.75 Å². The summed E-state index contributed by atoms with van der Waals surface area (Å²) in [4.78, 5) is 10.6. The van der Waals surface area contributed by atoms with Gasteiger partial charge in [-0.3, -0.25) is 10.1 Å². The molecule has 1 aromatic carbocycles. The Morgan fingerprint density at radius 3 is 2.68 bits per heavy atom. The summed E-state index contributed by atoms with van der Waals surface area (Å²) >= 11 is 4.42. The number of rotatable bonds is 5. The fourth-order valence-electron chi connectivity index (χ4n) is 2.59. The van der Waals surface area contributed by atoms with Crippen LogP contribution in [0.25, 0.3) is 0 Å². The zero-order valence-electron chi connectivity index (χ0n) is 11.1. The van der Waals surface area contributed by atoms with Crippen LogP contribution < -0.4 is 4.74 Å². The lowest BCUT2D eigenvalue weighted by Crippen LogP contribution is -2.27. The van der Waals surface area contributed by atoms with E-state index in [0.717, 1.165) is 24.2 Å². The van der Waals surface area contributed by atoms with Gasteiger partial charge in [0, 0.05) is 11.5 Å². The fourth-order valence-corrected chi connectivity index (χ4v) is 3.00. The Morgan fingerprint density at radius 2 is 2.11 bits per heavy atom. The van der Waals surface area contributed by atoms with Crippen molar-refractivity contribution in [2.45, 2.75) is 32.6 Å². The van der Waals surface area contributed by atoms with Gasteiger partial charge in [0.05, 0.1) is 11.5 Å². The van der Waals surface area contributed by atoms with Crippen molar-refractivity contribution in [1.82, 2.24) is 0 Å². The first-order valence-corrected chi connectivity index (χ1v) is 7.18. The molecular formula is C14H19NO3S. The van der Waals surface area contributed by atoms with Gasteiger partial charge in [0.2, 0.25) is 0 Å². The van der Waals surface area contributed by atoms with E-state index in [2.05, 4.69) is 12.6 Å². The first-order chi connectivity index (χ1) is 9.06. The maximum atomic E-state index is 11.0. The normalized spacial score (nSPS) is 17.4. The second kappa shape index (κ2) is 5.82. The van der Waals surface area contributed by atoms with Crippen molar-refractivity contribution in [3.63, 3.8) is 0 Å². The number of nitrogens with zero attached hydrogens (tertiary/aromatic N) is 1. The summed E-state index contributed by atoms with van der Waals surface area (Å²) in [6, 6.07) is 4.97. The molecule has 1 aliphatic carbocycles. The Kier molecular flexibility index (Phi) is 4.34. The van der Waals surface area contributed by atoms with E-state index in [9.17, 15) is 10.1 Å². The van der Waals surface area contributed by atoms with E-state index < -0.39 is 4.92 Å². The average molecular weight is 281 g/mol. The molecular weight excluding hydrogens is 262 g/mol. The minimum Gasteiger partial charge on any atom is -0.486 e. The van der Waals surface area contributed by atoms with E-state index in [1.54, 1.807) is 12.1 Å². The number of nitro benzene ring substituents is 1. The van der Waals surface area contributed by atoms with Crippen LogP contribution in [0.15, 0.2) is 18.2 Å². The zero-order valence-corrected chi connectivity index (χ0v) is 12.0. The molecule has 1 fully saturated rings. The summed E-state index contributed by atoms with van der Waals surface area (Å²) in [5, 5.41) is 11.0. The number of nitro groups is 1. The van der Waals surface area contributed by atoms with Crippen molar-refractivity contribution in [3.8, 4) is 5.75 Å². The summed E-state index contributed by atoms with van der Waals surface area (Å²) in [5.74, 6) is 1.14. The van der Waals surface area contributed by atoms with E-state index in [1.165, 1.54) is 18.9 Å². The quantitative estimate of drug-likeness (QED) is 0.508. The third kappa shape index (κ3) is 3.21. The molecule has 0 aliphatic heterocycles. The van der Waals surface area contributed by atoms with Gasteiger partial charge < -0.3 is 4.74 Å². The lowest BCUT2D eigenvalue weighted by Gasteiger charge is -2.26.